The van der Waals surface area contributed by atoms with Crippen LogP contribution in [0.4, 0.5) is 5.69 Å². The van der Waals surface area contributed by atoms with Gasteiger partial charge in [-0.2, -0.15) is 0 Å². The average molecular weight is 624 g/mol. The van der Waals surface area contributed by atoms with Crippen LogP contribution in [0.1, 0.15) is 38.3 Å². The van der Waals surface area contributed by atoms with Crippen molar-refractivity contribution < 1.29 is 38.6 Å². The third-order valence-corrected chi connectivity index (χ3v) is 7.06. The number of carbonyl (C=O) groups is 5. The number of aromatic hydroxyl groups is 1. The SMILES string of the molecule is Cc1c(NC(=O)[C@H](CC(=O)O)NC(=O)[C@H](C)NC(=O)[C@@H](NC(=O)[C@@H](N)Cc2ccc(O)cc2)C(C)C)c(=O)oc2ccccc12. The Labute approximate surface area is 258 Å². The predicted octanol–water partition coefficient (Wildman–Crippen LogP) is 0.921. The van der Waals surface area contributed by atoms with E-state index in [4.69, 9.17) is 10.2 Å². The lowest BCUT2D eigenvalue weighted by Crippen LogP contribution is -2.58. The summed E-state index contributed by atoms with van der Waals surface area (Å²) in [7, 11) is 0. The van der Waals surface area contributed by atoms with Gasteiger partial charge >= 0.3 is 11.6 Å². The van der Waals surface area contributed by atoms with Gasteiger partial charge in [-0.3, -0.25) is 24.0 Å². The number of carboxylic acids is 1. The summed E-state index contributed by atoms with van der Waals surface area (Å²) in [6, 6.07) is 7.86. The smallest absolute Gasteiger partial charge is 0.360 e. The number of aryl methyl sites for hydroxylation is 1. The Hall–Kier alpha value is -5.24. The first-order valence-corrected chi connectivity index (χ1v) is 14.2. The normalized spacial score (nSPS) is 13.7. The predicted molar refractivity (Wildman–Crippen MR) is 164 cm³/mol. The average Bonchev–Trinajstić information content (AvgIpc) is 2.97. The number of nitrogens with one attached hydrogen (secondary N) is 4. The number of anilines is 1. The molecule has 4 atom stereocenters. The van der Waals surface area contributed by atoms with Crippen LogP contribution in [-0.4, -0.2) is 64.0 Å². The highest BCUT2D eigenvalue weighted by atomic mass is 16.4. The number of hydrogen-bond donors (Lipinski definition) is 7. The van der Waals surface area contributed by atoms with Crippen molar-refractivity contribution >= 4 is 46.3 Å². The highest BCUT2D eigenvalue weighted by Crippen LogP contribution is 2.22. The minimum Gasteiger partial charge on any atom is -0.508 e. The van der Waals surface area contributed by atoms with Crippen molar-refractivity contribution in [2.24, 2.45) is 11.7 Å². The summed E-state index contributed by atoms with van der Waals surface area (Å²) in [4.78, 5) is 76.0. The molecule has 3 aromatic rings. The van der Waals surface area contributed by atoms with Gasteiger partial charge in [0, 0.05) is 5.39 Å². The number of para-hydroxylation sites is 1. The molecule has 0 spiro atoms. The molecule has 2 aromatic carbocycles. The number of amides is 4. The monoisotopic (exact) mass is 623 g/mol. The van der Waals surface area contributed by atoms with Crippen LogP contribution in [0.5, 0.6) is 5.75 Å². The molecule has 0 saturated heterocycles. The van der Waals surface area contributed by atoms with Gasteiger partial charge in [-0.1, -0.05) is 44.2 Å². The minimum absolute atomic E-state index is 0.0638. The van der Waals surface area contributed by atoms with Crippen LogP contribution in [-0.2, 0) is 30.4 Å². The molecule has 0 aliphatic heterocycles. The molecule has 1 aromatic heterocycles. The molecule has 3 rings (SSSR count). The third-order valence-electron chi connectivity index (χ3n) is 7.06. The highest BCUT2D eigenvalue weighted by molar-refractivity contribution is 6.02. The number of aliphatic carboxylic acids is 1. The summed E-state index contributed by atoms with van der Waals surface area (Å²) >= 11 is 0. The first-order valence-electron chi connectivity index (χ1n) is 14.2. The number of carboxylic acid groups (broad SMARTS) is 1. The quantitative estimate of drug-likeness (QED) is 0.133. The summed E-state index contributed by atoms with van der Waals surface area (Å²) in [6.45, 7) is 6.26. The van der Waals surface area contributed by atoms with Gasteiger partial charge in [-0.25, -0.2) is 4.79 Å². The van der Waals surface area contributed by atoms with Gasteiger partial charge in [-0.05, 0) is 55.5 Å². The van der Waals surface area contributed by atoms with Crippen molar-refractivity contribution in [3.8, 4) is 5.75 Å². The number of rotatable bonds is 13. The molecule has 0 unspecified atom stereocenters. The molecule has 1 heterocycles. The number of carbonyl (C=O) groups excluding carboxylic acids is 4. The van der Waals surface area contributed by atoms with E-state index in [9.17, 15) is 39.0 Å². The molecule has 4 amide bonds. The lowest BCUT2D eigenvalue weighted by molar-refractivity contribution is -0.140. The molecule has 0 bridgehead atoms. The fraction of sp³-hybridized carbons (Fsp3) is 0.355. The molecule has 0 saturated carbocycles. The second-order valence-corrected chi connectivity index (χ2v) is 11.0. The number of benzene rings is 2. The van der Waals surface area contributed by atoms with Crippen molar-refractivity contribution in [2.75, 3.05) is 5.32 Å². The van der Waals surface area contributed by atoms with Crippen LogP contribution in [0, 0.1) is 12.8 Å². The Morgan fingerprint density at radius 3 is 2.13 bits per heavy atom. The van der Waals surface area contributed by atoms with E-state index < -0.39 is 71.7 Å². The summed E-state index contributed by atoms with van der Waals surface area (Å²) in [5.74, 6) is -4.93. The molecule has 0 aliphatic carbocycles. The maximum Gasteiger partial charge on any atom is 0.360 e. The van der Waals surface area contributed by atoms with E-state index in [0.29, 0.717) is 22.1 Å². The topological polar surface area (TPSA) is 230 Å². The van der Waals surface area contributed by atoms with Gasteiger partial charge in [0.1, 0.15) is 35.1 Å². The third kappa shape index (κ3) is 9.13. The van der Waals surface area contributed by atoms with Crippen LogP contribution in [0.3, 0.4) is 0 Å². The zero-order valence-electron chi connectivity index (χ0n) is 25.2. The van der Waals surface area contributed by atoms with Gasteiger partial charge in [0.05, 0.1) is 12.5 Å². The summed E-state index contributed by atoms with van der Waals surface area (Å²) in [5.41, 5.74) is 6.35. The number of fused-ring (bicyclic) bond motifs is 1. The molecule has 14 nitrogen and oxygen atoms in total. The van der Waals surface area contributed by atoms with Crippen LogP contribution in [0.15, 0.2) is 57.7 Å². The number of phenols is 1. The van der Waals surface area contributed by atoms with E-state index in [1.165, 1.54) is 19.1 Å². The van der Waals surface area contributed by atoms with Crippen molar-refractivity contribution in [3.63, 3.8) is 0 Å². The Morgan fingerprint density at radius 1 is 0.867 bits per heavy atom. The van der Waals surface area contributed by atoms with Crippen molar-refractivity contribution in [3.05, 3.63) is 70.1 Å². The first kappa shape index (κ1) is 34.3. The molecular formula is C31H37N5O9. The van der Waals surface area contributed by atoms with Gasteiger partial charge in [0.15, 0.2) is 0 Å². The minimum atomic E-state index is -1.61. The molecule has 0 radical (unpaired) electrons. The second-order valence-electron chi connectivity index (χ2n) is 11.0. The highest BCUT2D eigenvalue weighted by Gasteiger charge is 2.31. The Balaban J connectivity index is 1.66. The van der Waals surface area contributed by atoms with Gasteiger partial charge < -0.3 is 41.6 Å². The van der Waals surface area contributed by atoms with E-state index >= 15 is 0 Å². The Morgan fingerprint density at radius 2 is 1.51 bits per heavy atom. The maximum atomic E-state index is 13.1. The zero-order valence-corrected chi connectivity index (χ0v) is 25.2. The summed E-state index contributed by atoms with van der Waals surface area (Å²) < 4.78 is 5.25. The van der Waals surface area contributed by atoms with Crippen LogP contribution in [0.2, 0.25) is 0 Å². The maximum absolute atomic E-state index is 13.1. The van der Waals surface area contributed by atoms with E-state index in [0.717, 1.165) is 0 Å². The molecule has 45 heavy (non-hydrogen) atoms. The van der Waals surface area contributed by atoms with Crippen molar-refractivity contribution in [1.29, 1.82) is 0 Å². The Kier molecular flexibility index (Phi) is 11.4. The van der Waals surface area contributed by atoms with Crippen molar-refractivity contribution in [2.45, 2.75) is 64.7 Å². The van der Waals surface area contributed by atoms with E-state index in [1.54, 1.807) is 57.2 Å². The standard InChI is InChI=1S/C31H37N5O9/c1-15(2)25(35-28(41)21(32)13-18-9-11-19(37)12-10-18)30(43)33-17(4)27(40)34-22(14-24(38)39)29(42)36-26-16(3)20-7-5-6-8-23(20)45-31(26)44/h5-12,15,17,21-22,25,37H,13-14,32H2,1-4H3,(H,33,43)(H,34,40)(H,35,41)(H,36,42)(H,38,39)/t17-,21-,22-,25-/m0/s1. The first-order chi connectivity index (χ1) is 21.2. The van der Waals surface area contributed by atoms with Crippen LogP contribution >= 0.6 is 0 Å². The lowest BCUT2D eigenvalue weighted by Gasteiger charge is -2.26. The van der Waals surface area contributed by atoms with Crippen LogP contribution < -0.4 is 32.6 Å². The number of hydrogen-bond acceptors (Lipinski definition) is 9. The number of phenolic OH excluding ortho intramolecular Hbond substituents is 1. The van der Waals surface area contributed by atoms with Gasteiger partial charge in [0.25, 0.3) is 0 Å². The fourth-order valence-electron chi connectivity index (χ4n) is 4.48. The van der Waals surface area contributed by atoms with Gasteiger partial charge in [0.2, 0.25) is 23.6 Å². The zero-order chi connectivity index (χ0) is 33.4. The Bertz CT molecular complexity index is 1630. The summed E-state index contributed by atoms with van der Waals surface area (Å²) in [5, 5.41) is 29.1. The van der Waals surface area contributed by atoms with Crippen molar-refractivity contribution in [1.82, 2.24) is 16.0 Å². The van der Waals surface area contributed by atoms with Crippen LogP contribution in [0.25, 0.3) is 11.0 Å². The summed E-state index contributed by atoms with van der Waals surface area (Å²) in [6.07, 6.45) is -0.676. The van der Waals surface area contributed by atoms with Gasteiger partial charge in [-0.15, -0.1) is 0 Å². The molecule has 14 heteroatoms. The van der Waals surface area contributed by atoms with E-state index in [1.807, 2.05) is 0 Å². The molecule has 0 fully saturated rings. The van der Waals surface area contributed by atoms with E-state index in [-0.39, 0.29) is 17.9 Å². The van der Waals surface area contributed by atoms with E-state index in [2.05, 4.69) is 21.3 Å². The molecule has 0 aliphatic rings. The lowest BCUT2D eigenvalue weighted by atomic mass is 10.0. The fourth-order valence-corrected chi connectivity index (χ4v) is 4.48. The second kappa shape index (κ2) is 15.0. The molecule has 8 N–H and O–H groups in total. The molecule has 240 valence electrons. The largest absolute Gasteiger partial charge is 0.508 e. The molecular weight excluding hydrogens is 586 g/mol. The number of nitrogens with two attached hydrogens (primary N) is 1.